The van der Waals surface area contributed by atoms with Crippen LogP contribution in [0.15, 0.2) is 12.2 Å². The molecule has 0 saturated carbocycles. The van der Waals surface area contributed by atoms with Crippen molar-refractivity contribution in [3.05, 3.63) is 12.2 Å². The number of hydrogen-bond acceptors (Lipinski definition) is 0. The monoisotopic (exact) mass is 156 g/mol. The van der Waals surface area contributed by atoms with E-state index in [4.69, 9.17) is 0 Å². The summed E-state index contributed by atoms with van der Waals surface area (Å²) in [6.07, 6.45) is 4.09. The lowest BCUT2D eigenvalue weighted by Gasteiger charge is -2.36. The molecule has 0 fully saturated rings. The molecule has 64 valence electrons. The molecule has 1 unspecified atom stereocenters. The minimum atomic E-state index is -0.692. The van der Waals surface area contributed by atoms with Crippen molar-refractivity contribution < 1.29 is 4.39 Å². The minimum Gasteiger partial charge on any atom is -0.247 e. The van der Waals surface area contributed by atoms with E-state index >= 15 is 0 Å². The maximum absolute atomic E-state index is 13.4. The van der Waals surface area contributed by atoms with E-state index in [9.17, 15) is 4.39 Å². The van der Waals surface area contributed by atoms with E-state index in [-0.39, 0.29) is 10.8 Å². The van der Waals surface area contributed by atoms with Gasteiger partial charge in [-0.1, -0.05) is 39.8 Å². The number of alkyl halides is 1. The quantitative estimate of drug-likeness (QED) is 0.472. The Bertz CT molecular complexity index is 177. The molecule has 1 aliphatic carbocycles. The van der Waals surface area contributed by atoms with Gasteiger partial charge in [0.2, 0.25) is 0 Å². The van der Waals surface area contributed by atoms with Crippen molar-refractivity contribution in [2.75, 3.05) is 0 Å². The zero-order chi connectivity index (χ0) is 8.70. The molecule has 0 saturated heterocycles. The van der Waals surface area contributed by atoms with Gasteiger partial charge in [0.25, 0.3) is 0 Å². The Kier molecular flexibility index (Phi) is 1.85. The van der Waals surface area contributed by atoms with Crippen molar-refractivity contribution in [1.82, 2.24) is 0 Å². The van der Waals surface area contributed by atoms with E-state index in [0.717, 1.165) is 0 Å². The van der Waals surface area contributed by atoms with Crippen LogP contribution in [-0.4, -0.2) is 6.17 Å². The summed E-state index contributed by atoms with van der Waals surface area (Å²) in [6.45, 7) is 8.05. The summed E-state index contributed by atoms with van der Waals surface area (Å²) >= 11 is 0. The number of hydrogen-bond donors (Lipinski definition) is 0. The molecule has 1 atom stereocenters. The highest BCUT2D eigenvalue weighted by Gasteiger charge is 2.35. The van der Waals surface area contributed by atoms with Crippen LogP contribution in [-0.2, 0) is 0 Å². The molecule has 0 radical (unpaired) electrons. The third kappa shape index (κ3) is 1.82. The maximum Gasteiger partial charge on any atom is 0.109 e. The van der Waals surface area contributed by atoms with Crippen LogP contribution in [0.3, 0.4) is 0 Å². The van der Waals surface area contributed by atoms with Gasteiger partial charge >= 0.3 is 0 Å². The van der Waals surface area contributed by atoms with Gasteiger partial charge in [-0.3, -0.25) is 0 Å². The Labute approximate surface area is 68.5 Å². The molecule has 0 nitrogen and oxygen atoms in total. The minimum absolute atomic E-state index is 0.0505. The van der Waals surface area contributed by atoms with Crippen molar-refractivity contribution in [2.45, 2.75) is 40.3 Å². The second-order valence-corrected chi connectivity index (χ2v) is 4.81. The normalized spacial score (nSPS) is 33.7. The predicted octanol–water partition coefficient (Wildman–Crippen LogP) is 3.34. The first-order chi connectivity index (χ1) is 4.83. The molecule has 1 rings (SSSR count). The van der Waals surface area contributed by atoms with Gasteiger partial charge in [0.15, 0.2) is 0 Å². The fraction of sp³-hybridized carbons (Fsp3) is 0.800. The lowest BCUT2D eigenvalue weighted by molar-refractivity contribution is 0.125. The highest BCUT2D eigenvalue weighted by atomic mass is 19.1. The fourth-order valence-corrected chi connectivity index (χ4v) is 1.34. The predicted molar refractivity (Wildman–Crippen MR) is 46.2 cm³/mol. The average molecular weight is 156 g/mol. The first-order valence-electron chi connectivity index (χ1n) is 4.18. The van der Waals surface area contributed by atoms with E-state index in [0.29, 0.717) is 6.42 Å². The van der Waals surface area contributed by atoms with Gasteiger partial charge in [0.05, 0.1) is 0 Å². The third-order valence-electron chi connectivity index (χ3n) is 2.48. The molecule has 11 heavy (non-hydrogen) atoms. The average Bonchev–Trinajstić information content (AvgIpc) is 1.81. The standard InChI is InChI=1S/C10H17F/c1-9(2)5-6-10(3,4)8(11)7-9/h5-6,8H,7H2,1-4H3. The van der Waals surface area contributed by atoms with Crippen LogP contribution in [0.5, 0.6) is 0 Å². The number of halogens is 1. The highest BCUT2D eigenvalue weighted by Crippen LogP contribution is 2.40. The van der Waals surface area contributed by atoms with Crippen LogP contribution in [0.4, 0.5) is 4.39 Å². The van der Waals surface area contributed by atoms with E-state index in [1.165, 1.54) is 0 Å². The molecule has 0 aliphatic heterocycles. The number of allylic oxidation sites excluding steroid dienone is 2. The lowest BCUT2D eigenvalue weighted by atomic mass is 9.71. The van der Waals surface area contributed by atoms with Gasteiger partial charge in [0, 0.05) is 5.41 Å². The summed E-state index contributed by atoms with van der Waals surface area (Å²) < 4.78 is 13.4. The summed E-state index contributed by atoms with van der Waals surface area (Å²) in [5.41, 5.74) is -0.204. The summed E-state index contributed by atoms with van der Waals surface area (Å²) in [5, 5.41) is 0. The summed E-state index contributed by atoms with van der Waals surface area (Å²) in [7, 11) is 0. The molecule has 0 N–H and O–H groups in total. The van der Waals surface area contributed by atoms with Gasteiger partial charge in [-0.2, -0.15) is 0 Å². The topological polar surface area (TPSA) is 0 Å². The maximum atomic E-state index is 13.4. The van der Waals surface area contributed by atoms with Gasteiger partial charge in [-0.25, -0.2) is 4.39 Å². The van der Waals surface area contributed by atoms with E-state index in [1.807, 2.05) is 19.9 Å². The summed E-state index contributed by atoms with van der Waals surface area (Å²) in [4.78, 5) is 0. The second kappa shape index (κ2) is 2.33. The van der Waals surface area contributed by atoms with Crippen LogP contribution >= 0.6 is 0 Å². The fourth-order valence-electron chi connectivity index (χ4n) is 1.34. The molecule has 0 aromatic heterocycles. The molecule has 0 aromatic rings. The van der Waals surface area contributed by atoms with Crippen LogP contribution in [0.25, 0.3) is 0 Å². The smallest absolute Gasteiger partial charge is 0.109 e. The van der Waals surface area contributed by atoms with Crippen molar-refractivity contribution in [1.29, 1.82) is 0 Å². The Hall–Kier alpha value is -0.330. The van der Waals surface area contributed by atoms with Crippen LogP contribution < -0.4 is 0 Å². The molecule has 1 aliphatic rings. The summed E-state index contributed by atoms with van der Waals surface area (Å²) in [6, 6.07) is 0. The molecule has 0 amide bonds. The van der Waals surface area contributed by atoms with Crippen molar-refractivity contribution in [3.8, 4) is 0 Å². The first kappa shape index (κ1) is 8.76. The first-order valence-corrected chi connectivity index (χ1v) is 4.18. The lowest BCUT2D eigenvalue weighted by Crippen LogP contribution is -2.32. The van der Waals surface area contributed by atoms with E-state index in [1.54, 1.807) is 0 Å². The Balaban J connectivity index is 2.84. The molecule has 0 spiro atoms. The molecule has 1 heteroatoms. The molecule has 0 heterocycles. The van der Waals surface area contributed by atoms with E-state index < -0.39 is 6.17 Å². The zero-order valence-corrected chi connectivity index (χ0v) is 7.82. The van der Waals surface area contributed by atoms with Gasteiger partial charge in [-0.15, -0.1) is 0 Å². The van der Waals surface area contributed by atoms with Crippen LogP contribution in [0.1, 0.15) is 34.1 Å². The Morgan fingerprint density at radius 3 is 2.09 bits per heavy atom. The third-order valence-corrected chi connectivity index (χ3v) is 2.48. The Morgan fingerprint density at radius 1 is 1.18 bits per heavy atom. The molecule has 0 aromatic carbocycles. The highest BCUT2D eigenvalue weighted by molar-refractivity contribution is 5.10. The zero-order valence-electron chi connectivity index (χ0n) is 7.82. The van der Waals surface area contributed by atoms with Crippen molar-refractivity contribution in [2.24, 2.45) is 10.8 Å². The van der Waals surface area contributed by atoms with Gasteiger partial charge in [0.1, 0.15) is 6.17 Å². The van der Waals surface area contributed by atoms with Crippen LogP contribution in [0.2, 0.25) is 0 Å². The largest absolute Gasteiger partial charge is 0.247 e. The van der Waals surface area contributed by atoms with Crippen LogP contribution in [0, 0.1) is 10.8 Å². The van der Waals surface area contributed by atoms with E-state index in [2.05, 4.69) is 19.9 Å². The van der Waals surface area contributed by atoms with Crippen molar-refractivity contribution in [3.63, 3.8) is 0 Å². The molecular formula is C10H17F. The van der Waals surface area contributed by atoms with Gasteiger partial charge in [-0.05, 0) is 11.8 Å². The second-order valence-electron chi connectivity index (χ2n) is 4.81. The number of rotatable bonds is 0. The molecular weight excluding hydrogens is 139 g/mol. The summed E-state index contributed by atoms with van der Waals surface area (Å²) in [5.74, 6) is 0. The van der Waals surface area contributed by atoms with Crippen molar-refractivity contribution >= 4 is 0 Å². The Morgan fingerprint density at radius 2 is 1.73 bits per heavy atom. The van der Waals surface area contributed by atoms with Gasteiger partial charge < -0.3 is 0 Å². The SMILES string of the molecule is CC1(C)C=CC(C)(C)C(F)C1. The molecule has 0 bridgehead atoms.